The monoisotopic (exact) mass is 355 g/mol. The molecule has 0 spiro atoms. The number of hydrogen-bond donors (Lipinski definition) is 3. The van der Waals surface area contributed by atoms with Crippen molar-refractivity contribution in [2.24, 2.45) is 5.92 Å². The van der Waals surface area contributed by atoms with Crippen LogP contribution >= 0.6 is 11.3 Å². The van der Waals surface area contributed by atoms with E-state index >= 15 is 0 Å². The lowest BCUT2D eigenvalue weighted by molar-refractivity contribution is -0.116. The van der Waals surface area contributed by atoms with Crippen LogP contribution in [0.4, 0.5) is 16.5 Å². The Kier molecular flexibility index (Phi) is 4.90. The molecular formula is C19H21N3O2S. The van der Waals surface area contributed by atoms with Crippen molar-refractivity contribution in [3.05, 3.63) is 42.0 Å². The predicted octanol–water partition coefficient (Wildman–Crippen LogP) is 5.04. The molecule has 3 N–H and O–H groups in total. The van der Waals surface area contributed by atoms with E-state index in [1.165, 1.54) is 11.3 Å². The van der Waals surface area contributed by atoms with Crippen LogP contribution in [0.25, 0.3) is 10.2 Å². The minimum Gasteiger partial charge on any atom is -0.508 e. The topological polar surface area (TPSA) is 74.2 Å². The van der Waals surface area contributed by atoms with Crippen molar-refractivity contribution in [1.82, 2.24) is 4.98 Å². The molecule has 1 aromatic heterocycles. The summed E-state index contributed by atoms with van der Waals surface area (Å²) in [5.41, 5.74) is 3.35. The summed E-state index contributed by atoms with van der Waals surface area (Å²) < 4.78 is 1.00. The van der Waals surface area contributed by atoms with Gasteiger partial charge in [-0.05, 0) is 54.8 Å². The first-order valence-corrected chi connectivity index (χ1v) is 8.99. The van der Waals surface area contributed by atoms with Gasteiger partial charge in [-0.1, -0.05) is 25.2 Å². The van der Waals surface area contributed by atoms with Gasteiger partial charge in [0.1, 0.15) is 5.75 Å². The van der Waals surface area contributed by atoms with Gasteiger partial charge in [0.2, 0.25) is 5.91 Å². The van der Waals surface area contributed by atoms with Gasteiger partial charge in [-0.25, -0.2) is 4.98 Å². The second kappa shape index (κ2) is 7.11. The molecule has 0 aliphatic rings. The number of aromatic nitrogens is 1. The Morgan fingerprint density at radius 3 is 2.68 bits per heavy atom. The van der Waals surface area contributed by atoms with E-state index in [1.54, 1.807) is 6.07 Å². The largest absolute Gasteiger partial charge is 0.508 e. The summed E-state index contributed by atoms with van der Waals surface area (Å²) in [7, 11) is 0. The third kappa shape index (κ3) is 4.28. The second-order valence-electron chi connectivity index (χ2n) is 6.47. The van der Waals surface area contributed by atoms with Gasteiger partial charge in [-0.2, -0.15) is 0 Å². The third-order valence-electron chi connectivity index (χ3n) is 3.71. The molecule has 0 atom stereocenters. The van der Waals surface area contributed by atoms with Crippen LogP contribution in [0.1, 0.15) is 25.8 Å². The summed E-state index contributed by atoms with van der Waals surface area (Å²) in [6.07, 6.45) is 0.508. The highest BCUT2D eigenvalue weighted by Gasteiger charge is 2.09. The Labute approximate surface area is 150 Å². The Bertz CT molecular complexity index is 918. The number of aromatic hydroxyl groups is 1. The van der Waals surface area contributed by atoms with E-state index in [0.29, 0.717) is 12.3 Å². The molecule has 25 heavy (non-hydrogen) atoms. The van der Waals surface area contributed by atoms with Crippen molar-refractivity contribution in [3.8, 4) is 5.75 Å². The molecule has 1 heterocycles. The number of fused-ring (bicyclic) bond motifs is 1. The maximum Gasteiger partial charge on any atom is 0.224 e. The zero-order valence-electron chi connectivity index (χ0n) is 14.5. The normalized spacial score (nSPS) is 11.0. The SMILES string of the molecule is Cc1cc(Nc2nc3ccc(NC(=O)CC(C)C)cc3s2)ccc1O. The van der Waals surface area contributed by atoms with Crippen molar-refractivity contribution < 1.29 is 9.90 Å². The van der Waals surface area contributed by atoms with Gasteiger partial charge in [0, 0.05) is 17.8 Å². The van der Waals surface area contributed by atoms with E-state index < -0.39 is 0 Å². The number of carbonyl (C=O) groups excluding carboxylic acids is 1. The Hall–Kier alpha value is -2.60. The molecule has 0 aliphatic carbocycles. The number of hydrogen-bond acceptors (Lipinski definition) is 5. The van der Waals surface area contributed by atoms with E-state index in [9.17, 15) is 9.90 Å². The third-order valence-corrected chi connectivity index (χ3v) is 4.65. The van der Waals surface area contributed by atoms with E-state index in [-0.39, 0.29) is 11.7 Å². The molecule has 130 valence electrons. The van der Waals surface area contributed by atoms with Crippen molar-refractivity contribution in [3.63, 3.8) is 0 Å². The Morgan fingerprint density at radius 2 is 1.96 bits per heavy atom. The molecule has 0 bridgehead atoms. The van der Waals surface area contributed by atoms with Crippen molar-refractivity contribution in [1.29, 1.82) is 0 Å². The van der Waals surface area contributed by atoms with Gasteiger partial charge in [0.05, 0.1) is 10.2 Å². The van der Waals surface area contributed by atoms with Gasteiger partial charge < -0.3 is 15.7 Å². The van der Waals surface area contributed by atoms with Crippen LogP contribution in [0.15, 0.2) is 36.4 Å². The summed E-state index contributed by atoms with van der Waals surface area (Å²) in [6, 6.07) is 11.1. The Morgan fingerprint density at radius 1 is 1.20 bits per heavy atom. The number of nitrogens with zero attached hydrogens (tertiary/aromatic N) is 1. The molecule has 3 aromatic rings. The highest BCUT2D eigenvalue weighted by Crippen LogP contribution is 2.31. The number of nitrogens with one attached hydrogen (secondary N) is 2. The van der Waals surface area contributed by atoms with Crippen LogP contribution in [0.2, 0.25) is 0 Å². The van der Waals surface area contributed by atoms with Crippen LogP contribution < -0.4 is 10.6 Å². The van der Waals surface area contributed by atoms with Crippen LogP contribution in [-0.4, -0.2) is 16.0 Å². The van der Waals surface area contributed by atoms with E-state index in [0.717, 1.165) is 32.3 Å². The molecular weight excluding hydrogens is 334 g/mol. The van der Waals surface area contributed by atoms with Gasteiger partial charge in [-0.15, -0.1) is 0 Å². The van der Waals surface area contributed by atoms with Gasteiger partial charge in [-0.3, -0.25) is 4.79 Å². The van der Waals surface area contributed by atoms with Crippen LogP contribution in [0.3, 0.4) is 0 Å². The van der Waals surface area contributed by atoms with Gasteiger partial charge in [0.25, 0.3) is 0 Å². The average Bonchev–Trinajstić information content (AvgIpc) is 2.91. The molecule has 3 rings (SSSR count). The molecule has 2 aromatic carbocycles. The second-order valence-corrected chi connectivity index (χ2v) is 7.50. The van der Waals surface area contributed by atoms with Crippen molar-refractivity contribution in [2.45, 2.75) is 27.2 Å². The zero-order valence-corrected chi connectivity index (χ0v) is 15.3. The van der Waals surface area contributed by atoms with Crippen LogP contribution in [0.5, 0.6) is 5.75 Å². The zero-order chi connectivity index (χ0) is 18.0. The Balaban J connectivity index is 1.77. The van der Waals surface area contributed by atoms with Crippen LogP contribution in [0, 0.1) is 12.8 Å². The summed E-state index contributed by atoms with van der Waals surface area (Å²) in [4.78, 5) is 16.5. The minimum atomic E-state index is 0.0248. The summed E-state index contributed by atoms with van der Waals surface area (Å²) >= 11 is 1.52. The number of amides is 1. The number of phenolic OH excluding ortho intramolecular Hbond substituents is 1. The fourth-order valence-electron chi connectivity index (χ4n) is 2.50. The van der Waals surface area contributed by atoms with Crippen LogP contribution in [-0.2, 0) is 4.79 Å². The highest BCUT2D eigenvalue weighted by molar-refractivity contribution is 7.22. The van der Waals surface area contributed by atoms with Crippen molar-refractivity contribution in [2.75, 3.05) is 10.6 Å². The lowest BCUT2D eigenvalue weighted by atomic mass is 10.1. The first kappa shape index (κ1) is 17.2. The van der Waals surface area contributed by atoms with E-state index in [1.807, 2.05) is 51.1 Å². The number of carbonyl (C=O) groups is 1. The van der Waals surface area contributed by atoms with Crippen molar-refractivity contribution >= 4 is 44.0 Å². The lowest BCUT2D eigenvalue weighted by Crippen LogP contribution is -2.13. The molecule has 6 heteroatoms. The molecule has 0 saturated heterocycles. The molecule has 0 radical (unpaired) electrons. The number of benzene rings is 2. The molecule has 0 saturated carbocycles. The lowest BCUT2D eigenvalue weighted by Gasteiger charge is -2.06. The molecule has 0 unspecified atom stereocenters. The smallest absolute Gasteiger partial charge is 0.224 e. The number of phenols is 1. The van der Waals surface area contributed by atoms with E-state index in [2.05, 4.69) is 15.6 Å². The number of aryl methyl sites for hydroxylation is 1. The minimum absolute atomic E-state index is 0.0248. The molecule has 0 fully saturated rings. The number of thiazole rings is 1. The maximum atomic E-state index is 11.9. The maximum absolute atomic E-state index is 11.9. The summed E-state index contributed by atoms with van der Waals surface area (Å²) in [6.45, 7) is 5.90. The molecule has 0 aliphatic heterocycles. The average molecular weight is 355 g/mol. The summed E-state index contributed by atoms with van der Waals surface area (Å²) in [5.74, 6) is 0.630. The predicted molar refractivity (Wildman–Crippen MR) is 104 cm³/mol. The standard InChI is InChI=1S/C19H21N3O2S/c1-11(2)8-18(24)20-14-4-6-15-17(10-14)25-19(22-15)21-13-5-7-16(23)12(3)9-13/h4-7,9-11,23H,8H2,1-3H3,(H,20,24)(H,21,22). The fraction of sp³-hybridized carbons (Fsp3) is 0.263. The van der Waals surface area contributed by atoms with Gasteiger partial charge >= 0.3 is 0 Å². The number of anilines is 3. The van der Waals surface area contributed by atoms with E-state index in [4.69, 9.17) is 0 Å². The first-order chi connectivity index (χ1) is 11.9. The quantitative estimate of drug-likeness (QED) is 0.561. The first-order valence-electron chi connectivity index (χ1n) is 8.18. The highest BCUT2D eigenvalue weighted by atomic mass is 32.1. The molecule has 5 nitrogen and oxygen atoms in total. The molecule has 1 amide bonds. The number of rotatable bonds is 5. The van der Waals surface area contributed by atoms with Gasteiger partial charge in [0.15, 0.2) is 5.13 Å². The summed E-state index contributed by atoms with van der Waals surface area (Å²) in [5, 5.41) is 16.6. The fourth-order valence-corrected chi connectivity index (χ4v) is 3.42.